The van der Waals surface area contributed by atoms with Crippen molar-refractivity contribution in [3.05, 3.63) is 24.0 Å². The molecule has 2 rings (SSSR count). The molecule has 0 unspecified atom stereocenters. The predicted molar refractivity (Wildman–Crippen MR) is 60.3 cm³/mol. The van der Waals surface area contributed by atoms with E-state index in [0.29, 0.717) is 0 Å². The number of pyridine rings is 1. The van der Waals surface area contributed by atoms with Crippen molar-refractivity contribution in [2.45, 2.75) is 18.8 Å². The highest BCUT2D eigenvalue weighted by Gasteiger charge is 2.24. The van der Waals surface area contributed by atoms with E-state index in [1.807, 2.05) is 19.3 Å². The Balaban J connectivity index is 0.000000720. The summed E-state index contributed by atoms with van der Waals surface area (Å²) in [6.07, 6.45) is 4.51. The van der Waals surface area contributed by atoms with Crippen LogP contribution in [-0.4, -0.2) is 12.0 Å². The summed E-state index contributed by atoms with van der Waals surface area (Å²) in [5.74, 6) is 0.753. The van der Waals surface area contributed by atoms with Gasteiger partial charge in [-0.25, -0.2) is 0 Å². The molecule has 0 atom stereocenters. The molecule has 0 bridgehead atoms. The molecule has 0 radical (unpaired) electrons. The second-order valence-electron chi connectivity index (χ2n) is 2.99. The van der Waals surface area contributed by atoms with E-state index in [2.05, 4.69) is 16.4 Å². The van der Waals surface area contributed by atoms with Gasteiger partial charge < -0.3 is 5.32 Å². The Hall–Kier alpha value is -0.470. The average Bonchev–Trinajstić information content (AvgIpc) is 2.87. The monoisotopic (exact) mass is 220 g/mol. The zero-order valence-corrected chi connectivity index (χ0v) is 9.12. The van der Waals surface area contributed by atoms with Crippen LogP contribution in [0.4, 0.5) is 5.69 Å². The maximum Gasteiger partial charge on any atom is 0.0455 e. The van der Waals surface area contributed by atoms with Gasteiger partial charge in [-0.1, -0.05) is 0 Å². The quantitative estimate of drug-likeness (QED) is 0.830. The molecule has 0 spiro atoms. The van der Waals surface area contributed by atoms with E-state index < -0.39 is 0 Å². The summed E-state index contributed by atoms with van der Waals surface area (Å²) in [7, 11) is 1.94. The molecular formula is C9H14Cl2N2. The van der Waals surface area contributed by atoms with E-state index in [1.165, 1.54) is 24.2 Å². The highest BCUT2D eigenvalue weighted by molar-refractivity contribution is 5.85. The first-order valence-electron chi connectivity index (χ1n) is 4.04. The largest absolute Gasteiger partial charge is 0.388 e. The minimum Gasteiger partial charge on any atom is -0.388 e. The van der Waals surface area contributed by atoms with Gasteiger partial charge in [-0.05, 0) is 25.0 Å². The van der Waals surface area contributed by atoms with Crippen LogP contribution in [0.3, 0.4) is 0 Å². The van der Waals surface area contributed by atoms with Crippen molar-refractivity contribution in [1.82, 2.24) is 4.98 Å². The smallest absolute Gasteiger partial charge is 0.0455 e. The fourth-order valence-corrected chi connectivity index (χ4v) is 1.21. The van der Waals surface area contributed by atoms with E-state index in [9.17, 15) is 0 Å². The van der Waals surface area contributed by atoms with Crippen molar-refractivity contribution in [1.29, 1.82) is 0 Å². The summed E-state index contributed by atoms with van der Waals surface area (Å²) >= 11 is 0. The molecule has 0 saturated heterocycles. The SMILES string of the molecule is CNc1ccnc(C2CC2)c1.Cl.Cl. The van der Waals surface area contributed by atoms with Gasteiger partial charge in [0.2, 0.25) is 0 Å². The number of hydrogen-bond donors (Lipinski definition) is 1. The molecule has 1 aliphatic carbocycles. The number of halogens is 2. The van der Waals surface area contributed by atoms with E-state index in [0.717, 1.165) is 5.92 Å². The van der Waals surface area contributed by atoms with Crippen molar-refractivity contribution in [2.75, 3.05) is 12.4 Å². The minimum atomic E-state index is 0. The molecule has 0 aliphatic heterocycles. The van der Waals surface area contributed by atoms with Crippen LogP contribution in [0.2, 0.25) is 0 Å². The summed E-state index contributed by atoms with van der Waals surface area (Å²) in [5, 5.41) is 3.11. The van der Waals surface area contributed by atoms with Crippen molar-refractivity contribution in [3.63, 3.8) is 0 Å². The third-order valence-corrected chi connectivity index (χ3v) is 2.07. The van der Waals surface area contributed by atoms with Gasteiger partial charge in [-0.15, -0.1) is 24.8 Å². The molecule has 74 valence electrons. The van der Waals surface area contributed by atoms with Crippen LogP contribution in [0.5, 0.6) is 0 Å². The van der Waals surface area contributed by atoms with E-state index in [4.69, 9.17) is 0 Å². The van der Waals surface area contributed by atoms with Crippen LogP contribution in [0.15, 0.2) is 18.3 Å². The highest BCUT2D eigenvalue weighted by atomic mass is 35.5. The third-order valence-electron chi connectivity index (χ3n) is 2.07. The van der Waals surface area contributed by atoms with Gasteiger partial charge in [0.1, 0.15) is 0 Å². The zero-order chi connectivity index (χ0) is 7.68. The number of nitrogens with zero attached hydrogens (tertiary/aromatic N) is 1. The second kappa shape index (κ2) is 5.30. The molecule has 1 aliphatic rings. The van der Waals surface area contributed by atoms with Gasteiger partial charge in [0.25, 0.3) is 0 Å². The number of hydrogen-bond acceptors (Lipinski definition) is 2. The minimum absolute atomic E-state index is 0. The molecular weight excluding hydrogens is 207 g/mol. The van der Waals surface area contributed by atoms with Crippen molar-refractivity contribution < 1.29 is 0 Å². The Kier molecular flexibility index (Phi) is 5.11. The second-order valence-corrected chi connectivity index (χ2v) is 2.99. The maximum atomic E-state index is 4.31. The first-order valence-corrected chi connectivity index (χ1v) is 4.04. The van der Waals surface area contributed by atoms with Gasteiger partial charge in [0.05, 0.1) is 0 Å². The van der Waals surface area contributed by atoms with E-state index in [1.54, 1.807) is 0 Å². The summed E-state index contributed by atoms with van der Waals surface area (Å²) in [6, 6.07) is 4.13. The molecule has 1 fully saturated rings. The van der Waals surface area contributed by atoms with Crippen molar-refractivity contribution >= 4 is 30.5 Å². The Morgan fingerprint density at radius 3 is 2.62 bits per heavy atom. The maximum absolute atomic E-state index is 4.31. The van der Waals surface area contributed by atoms with Crippen molar-refractivity contribution in [3.8, 4) is 0 Å². The Labute approximate surface area is 91.0 Å². The lowest BCUT2D eigenvalue weighted by molar-refractivity contribution is 1.02. The normalized spacial score (nSPS) is 13.9. The summed E-state index contributed by atoms with van der Waals surface area (Å²) in [6.45, 7) is 0. The summed E-state index contributed by atoms with van der Waals surface area (Å²) < 4.78 is 0. The molecule has 0 amide bonds. The summed E-state index contributed by atoms with van der Waals surface area (Å²) in [5.41, 5.74) is 2.42. The Morgan fingerprint density at radius 1 is 1.38 bits per heavy atom. The third kappa shape index (κ3) is 3.05. The van der Waals surface area contributed by atoms with Gasteiger partial charge >= 0.3 is 0 Å². The van der Waals surface area contributed by atoms with Crippen LogP contribution < -0.4 is 5.32 Å². The first kappa shape index (κ1) is 12.5. The van der Waals surface area contributed by atoms with Gasteiger partial charge in [-0.3, -0.25) is 4.98 Å². The molecule has 13 heavy (non-hydrogen) atoms. The number of nitrogens with one attached hydrogen (secondary N) is 1. The van der Waals surface area contributed by atoms with Crippen LogP contribution in [0.1, 0.15) is 24.5 Å². The van der Waals surface area contributed by atoms with Crippen LogP contribution >= 0.6 is 24.8 Å². The lowest BCUT2D eigenvalue weighted by Crippen LogP contribution is -1.91. The van der Waals surface area contributed by atoms with Gasteiger partial charge in [-0.2, -0.15) is 0 Å². The predicted octanol–water partition coefficient (Wildman–Crippen LogP) is 2.84. The molecule has 2 nitrogen and oxygen atoms in total. The van der Waals surface area contributed by atoms with Crippen LogP contribution in [-0.2, 0) is 0 Å². The fraction of sp³-hybridized carbons (Fsp3) is 0.444. The van der Waals surface area contributed by atoms with E-state index in [-0.39, 0.29) is 24.8 Å². The Morgan fingerprint density at radius 2 is 2.08 bits per heavy atom. The topological polar surface area (TPSA) is 24.9 Å². The molecule has 4 heteroatoms. The average molecular weight is 221 g/mol. The molecule has 1 saturated carbocycles. The Bertz CT molecular complexity index is 262. The molecule has 0 aromatic carbocycles. The molecule has 1 aromatic heterocycles. The standard InChI is InChI=1S/C9H12N2.2ClH/c1-10-8-4-5-11-9(6-8)7-2-3-7;;/h4-7H,2-3H2,1H3,(H,10,11);2*1H. The lowest BCUT2D eigenvalue weighted by Gasteiger charge is -2.01. The number of rotatable bonds is 2. The molecule has 1 heterocycles. The van der Waals surface area contributed by atoms with Crippen LogP contribution in [0.25, 0.3) is 0 Å². The first-order chi connectivity index (χ1) is 5.40. The number of anilines is 1. The van der Waals surface area contributed by atoms with Gasteiger partial charge in [0.15, 0.2) is 0 Å². The zero-order valence-electron chi connectivity index (χ0n) is 7.49. The van der Waals surface area contributed by atoms with Crippen LogP contribution in [0, 0.1) is 0 Å². The molecule has 1 aromatic rings. The summed E-state index contributed by atoms with van der Waals surface area (Å²) in [4.78, 5) is 4.31. The van der Waals surface area contributed by atoms with Gasteiger partial charge in [0, 0.05) is 30.5 Å². The molecule has 1 N–H and O–H groups in total. The van der Waals surface area contributed by atoms with Crippen molar-refractivity contribution in [2.24, 2.45) is 0 Å². The van der Waals surface area contributed by atoms with E-state index >= 15 is 0 Å². The lowest BCUT2D eigenvalue weighted by atomic mass is 10.2. The fourth-order valence-electron chi connectivity index (χ4n) is 1.21. The number of aromatic nitrogens is 1. The highest BCUT2D eigenvalue weighted by Crippen LogP contribution is 2.39.